The first-order valence-corrected chi connectivity index (χ1v) is 8.90. The summed E-state index contributed by atoms with van der Waals surface area (Å²) in [5.41, 5.74) is 0.113. The maximum atomic E-state index is 12.3. The van der Waals surface area contributed by atoms with Crippen LogP contribution < -0.4 is 21.1 Å². The second-order valence-electron chi connectivity index (χ2n) is 7.32. The first kappa shape index (κ1) is 16.5. The minimum atomic E-state index is -0.643. The van der Waals surface area contributed by atoms with Crippen LogP contribution in [-0.2, 0) is 4.79 Å². The standard InChI is InChI=1S/C20H19N3O3/c1-11(24)23(15-6-3-12(10-21)4-7-15)18-17(19(25)20(18)26)22-16-9-13-2-5-14(16)8-13/h3-4,6-7,13-14,16,22H,2,5,8-9H2,1H3. The van der Waals surface area contributed by atoms with Gasteiger partial charge in [0.05, 0.1) is 11.6 Å². The molecule has 2 fully saturated rings. The minimum absolute atomic E-state index is 0.120. The predicted octanol–water partition coefficient (Wildman–Crippen LogP) is 2.44. The van der Waals surface area contributed by atoms with Crippen molar-refractivity contribution in [2.75, 3.05) is 10.2 Å². The van der Waals surface area contributed by atoms with Crippen molar-refractivity contribution < 1.29 is 4.79 Å². The molecule has 2 aliphatic rings. The largest absolute Gasteiger partial charge is 0.377 e. The van der Waals surface area contributed by atoms with E-state index >= 15 is 0 Å². The lowest BCUT2D eigenvalue weighted by Gasteiger charge is -2.29. The molecule has 2 aromatic carbocycles. The molecule has 0 aromatic heterocycles. The topological polar surface area (TPSA) is 90.3 Å². The van der Waals surface area contributed by atoms with Gasteiger partial charge in [-0.2, -0.15) is 5.26 Å². The number of benzene rings is 1. The van der Waals surface area contributed by atoms with Crippen molar-refractivity contribution in [1.82, 2.24) is 0 Å². The molecule has 4 rings (SSSR count). The smallest absolute Gasteiger partial charge is 0.254 e. The molecule has 2 aromatic rings. The maximum absolute atomic E-state index is 12.3. The molecule has 6 nitrogen and oxygen atoms in total. The van der Waals surface area contributed by atoms with Gasteiger partial charge < -0.3 is 5.32 Å². The lowest BCUT2D eigenvalue weighted by atomic mass is 9.94. The molecule has 2 saturated carbocycles. The molecule has 0 radical (unpaired) electrons. The Balaban J connectivity index is 1.67. The fourth-order valence-electron chi connectivity index (χ4n) is 4.49. The fraction of sp³-hybridized carbons (Fsp3) is 0.400. The Morgan fingerprint density at radius 1 is 1.15 bits per heavy atom. The molecular formula is C20H19N3O3. The number of hydrogen-bond acceptors (Lipinski definition) is 5. The molecule has 26 heavy (non-hydrogen) atoms. The lowest BCUT2D eigenvalue weighted by molar-refractivity contribution is -0.115. The average Bonchev–Trinajstić information content (AvgIpc) is 3.27. The molecule has 0 aliphatic heterocycles. The number of carbonyl (C=O) groups excluding carboxylic acids is 1. The Labute approximate surface area is 150 Å². The van der Waals surface area contributed by atoms with Gasteiger partial charge in [-0.25, -0.2) is 0 Å². The van der Waals surface area contributed by atoms with Crippen LogP contribution in [0.4, 0.5) is 17.1 Å². The quantitative estimate of drug-likeness (QED) is 0.856. The number of amides is 1. The molecule has 3 atom stereocenters. The Morgan fingerprint density at radius 2 is 1.88 bits per heavy atom. The van der Waals surface area contributed by atoms with Gasteiger partial charge in [0.1, 0.15) is 11.4 Å². The highest BCUT2D eigenvalue weighted by molar-refractivity contribution is 6.03. The van der Waals surface area contributed by atoms with Crippen molar-refractivity contribution in [3.8, 4) is 6.07 Å². The third-order valence-electron chi connectivity index (χ3n) is 5.75. The molecule has 0 spiro atoms. The van der Waals surface area contributed by atoms with Crippen molar-refractivity contribution in [2.45, 2.75) is 38.6 Å². The van der Waals surface area contributed by atoms with Crippen LogP contribution in [0.1, 0.15) is 38.2 Å². The number of nitrogens with zero attached hydrogens (tertiary/aromatic N) is 2. The van der Waals surface area contributed by atoms with Gasteiger partial charge >= 0.3 is 0 Å². The van der Waals surface area contributed by atoms with E-state index in [1.165, 1.54) is 24.7 Å². The third kappa shape index (κ3) is 2.51. The monoisotopic (exact) mass is 349 g/mol. The molecule has 3 unspecified atom stereocenters. The zero-order chi connectivity index (χ0) is 18.4. The second-order valence-corrected chi connectivity index (χ2v) is 7.32. The minimum Gasteiger partial charge on any atom is -0.377 e. The van der Waals surface area contributed by atoms with Gasteiger partial charge in [0, 0.05) is 18.7 Å². The number of rotatable bonds is 4. The molecule has 0 saturated heterocycles. The van der Waals surface area contributed by atoms with E-state index in [1.54, 1.807) is 24.3 Å². The van der Waals surface area contributed by atoms with Gasteiger partial charge in [0.15, 0.2) is 0 Å². The summed E-state index contributed by atoms with van der Waals surface area (Å²) in [5.74, 6) is 0.894. The van der Waals surface area contributed by atoms with Crippen LogP contribution in [-0.4, -0.2) is 11.9 Å². The van der Waals surface area contributed by atoms with Crippen LogP contribution in [0.25, 0.3) is 0 Å². The molecular weight excluding hydrogens is 330 g/mol. The van der Waals surface area contributed by atoms with E-state index in [0.717, 1.165) is 12.8 Å². The van der Waals surface area contributed by atoms with Gasteiger partial charge in [-0.1, -0.05) is 6.42 Å². The van der Waals surface area contributed by atoms with Crippen LogP contribution >= 0.6 is 0 Å². The van der Waals surface area contributed by atoms with Crippen molar-refractivity contribution in [2.24, 2.45) is 11.8 Å². The number of nitriles is 1. The number of hydrogen-bond donors (Lipinski definition) is 1. The number of fused-ring (bicyclic) bond motifs is 2. The molecule has 2 aliphatic carbocycles. The van der Waals surface area contributed by atoms with E-state index in [-0.39, 0.29) is 23.3 Å². The van der Waals surface area contributed by atoms with Crippen LogP contribution in [0.15, 0.2) is 33.9 Å². The van der Waals surface area contributed by atoms with Crippen molar-refractivity contribution in [1.29, 1.82) is 5.26 Å². The molecule has 132 valence electrons. The zero-order valence-electron chi connectivity index (χ0n) is 14.5. The van der Waals surface area contributed by atoms with E-state index in [0.29, 0.717) is 23.1 Å². The van der Waals surface area contributed by atoms with Crippen LogP contribution in [0.2, 0.25) is 0 Å². The van der Waals surface area contributed by atoms with Crippen molar-refractivity contribution in [3.05, 3.63) is 50.3 Å². The van der Waals surface area contributed by atoms with E-state index < -0.39 is 10.9 Å². The summed E-state index contributed by atoms with van der Waals surface area (Å²) in [7, 11) is 0. The Bertz CT molecular complexity index is 979. The van der Waals surface area contributed by atoms with Gasteiger partial charge in [-0.15, -0.1) is 0 Å². The van der Waals surface area contributed by atoms with Crippen LogP contribution in [0.5, 0.6) is 0 Å². The van der Waals surface area contributed by atoms with Crippen LogP contribution in [0, 0.1) is 23.2 Å². The summed E-state index contributed by atoms with van der Waals surface area (Å²) >= 11 is 0. The average molecular weight is 349 g/mol. The Hall–Kier alpha value is -2.94. The Kier molecular flexibility index (Phi) is 3.87. The maximum Gasteiger partial charge on any atom is 0.254 e. The van der Waals surface area contributed by atoms with Gasteiger partial charge in [-0.3, -0.25) is 19.3 Å². The fourth-order valence-corrected chi connectivity index (χ4v) is 4.49. The highest BCUT2D eigenvalue weighted by Crippen LogP contribution is 2.46. The third-order valence-corrected chi connectivity index (χ3v) is 5.75. The van der Waals surface area contributed by atoms with Gasteiger partial charge in [0.25, 0.3) is 10.9 Å². The summed E-state index contributed by atoms with van der Waals surface area (Å²) < 4.78 is 0. The molecule has 1 amide bonds. The predicted molar refractivity (Wildman–Crippen MR) is 98.2 cm³/mol. The molecule has 0 heterocycles. The summed E-state index contributed by atoms with van der Waals surface area (Å²) in [6, 6.07) is 8.60. The molecule has 2 bridgehead atoms. The summed E-state index contributed by atoms with van der Waals surface area (Å²) in [6.07, 6.45) is 4.58. The number of anilines is 3. The SMILES string of the molecule is CC(=O)N(c1ccc(C#N)cc1)c1c(NC2CC3CCC2C3)c(=O)c1=O. The van der Waals surface area contributed by atoms with E-state index in [2.05, 4.69) is 5.32 Å². The first-order chi connectivity index (χ1) is 12.5. The number of carbonyl (C=O) groups is 1. The normalized spacial score (nSPS) is 23.8. The van der Waals surface area contributed by atoms with E-state index in [4.69, 9.17) is 5.26 Å². The number of nitrogens with one attached hydrogen (secondary N) is 1. The zero-order valence-corrected chi connectivity index (χ0v) is 14.5. The first-order valence-electron chi connectivity index (χ1n) is 8.90. The van der Waals surface area contributed by atoms with E-state index in [1.807, 2.05) is 6.07 Å². The summed E-state index contributed by atoms with van der Waals surface area (Å²) in [5, 5.41) is 12.2. The van der Waals surface area contributed by atoms with Crippen molar-refractivity contribution in [3.63, 3.8) is 0 Å². The lowest BCUT2D eigenvalue weighted by Crippen LogP contribution is -2.44. The molecule has 6 heteroatoms. The van der Waals surface area contributed by atoms with Crippen molar-refractivity contribution >= 4 is 23.0 Å². The second kappa shape index (κ2) is 6.10. The highest BCUT2D eigenvalue weighted by Gasteiger charge is 2.41. The molecule has 1 N–H and O–H groups in total. The summed E-state index contributed by atoms with van der Waals surface area (Å²) in [6.45, 7) is 1.36. The van der Waals surface area contributed by atoms with Gasteiger partial charge in [0.2, 0.25) is 5.91 Å². The van der Waals surface area contributed by atoms with Crippen LogP contribution in [0.3, 0.4) is 0 Å². The summed E-state index contributed by atoms with van der Waals surface area (Å²) in [4.78, 5) is 37.9. The highest BCUT2D eigenvalue weighted by atomic mass is 16.2. The Morgan fingerprint density at radius 3 is 2.42 bits per heavy atom. The van der Waals surface area contributed by atoms with Gasteiger partial charge in [-0.05, 0) is 55.4 Å². The van der Waals surface area contributed by atoms with E-state index in [9.17, 15) is 14.4 Å².